The van der Waals surface area contributed by atoms with Gasteiger partial charge < -0.3 is 10.3 Å². The molecular weight excluding hydrogens is 366 g/mol. The van der Waals surface area contributed by atoms with E-state index in [4.69, 9.17) is 0 Å². The van der Waals surface area contributed by atoms with Crippen LogP contribution in [-0.4, -0.2) is 46.7 Å². The number of rotatable bonds is 4. The maximum absolute atomic E-state index is 13.0. The molecule has 3 aromatic rings. The van der Waals surface area contributed by atoms with Crippen molar-refractivity contribution in [3.05, 3.63) is 36.8 Å². The summed E-state index contributed by atoms with van der Waals surface area (Å²) in [6, 6.07) is 5.32. The average Bonchev–Trinajstić information content (AvgIpc) is 3.31. The highest BCUT2D eigenvalue weighted by atomic mass is 32.2. The van der Waals surface area contributed by atoms with Gasteiger partial charge in [-0.15, -0.1) is 0 Å². The number of aromatic nitrogens is 3. The molecule has 1 aliphatic heterocycles. The van der Waals surface area contributed by atoms with Crippen LogP contribution in [0, 0.1) is 0 Å². The highest BCUT2D eigenvalue weighted by Crippen LogP contribution is 2.30. The van der Waals surface area contributed by atoms with Crippen molar-refractivity contribution in [3.8, 4) is 11.1 Å². The number of anilines is 1. The van der Waals surface area contributed by atoms with E-state index in [1.54, 1.807) is 30.6 Å². The maximum Gasteiger partial charge on any atom is 0.245 e. The molecule has 0 saturated carbocycles. The van der Waals surface area contributed by atoms with E-state index >= 15 is 0 Å². The number of amides is 1. The van der Waals surface area contributed by atoms with Crippen molar-refractivity contribution in [2.24, 2.45) is 0 Å². The number of carbonyl (C=O) groups is 1. The SMILES string of the molecule is CC(=O)Nc1cc(-c2cnc3[nH]cc(S(=O)(=O)N4CCCC4)c3c2)ccn1. The molecule has 3 aromatic heterocycles. The standard InChI is InChI=1S/C18H19N5O3S/c1-12(24)22-17-9-13(4-5-19-17)14-8-15-16(11-21-18(15)20-10-14)27(25,26)23-6-2-3-7-23/h4-5,8-11H,2-3,6-7H2,1H3,(H,20,21)(H,19,22,24). The molecule has 0 radical (unpaired) electrons. The van der Waals surface area contributed by atoms with Crippen LogP contribution in [0.5, 0.6) is 0 Å². The number of nitrogens with one attached hydrogen (secondary N) is 2. The van der Waals surface area contributed by atoms with Gasteiger partial charge in [0, 0.05) is 49.6 Å². The summed E-state index contributed by atoms with van der Waals surface area (Å²) in [5.41, 5.74) is 2.05. The zero-order valence-corrected chi connectivity index (χ0v) is 15.6. The number of pyridine rings is 2. The van der Waals surface area contributed by atoms with Gasteiger partial charge in [-0.05, 0) is 36.6 Å². The first-order valence-electron chi connectivity index (χ1n) is 8.66. The second-order valence-corrected chi connectivity index (χ2v) is 8.40. The molecule has 1 amide bonds. The Bertz CT molecular complexity index is 1120. The Hall–Kier alpha value is -2.78. The summed E-state index contributed by atoms with van der Waals surface area (Å²) in [7, 11) is -3.55. The van der Waals surface area contributed by atoms with Gasteiger partial charge >= 0.3 is 0 Å². The van der Waals surface area contributed by atoms with E-state index in [0.717, 1.165) is 24.0 Å². The normalized spacial score (nSPS) is 15.3. The van der Waals surface area contributed by atoms with Gasteiger partial charge in [0.15, 0.2) is 0 Å². The third kappa shape index (κ3) is 3.31. The minimum absolute atomic E-state index is 0.210. The molecule has 1 fully saturated rings. The molecule has 0 bridgehead atoms. The molecule has 4 heterocycles. The van der Waals surface area contributed by atoms with Gasteiger partial charge in [0.05, 0.1) is 0 Å². The topological polar surface area (TPSA) is 108 Å². The number of carbonyl (C=O) groups excluding carboxylic acids is 1. The predicted octanol–water partition coefficient (Wildman–Crippen LogP) is 2.37. The third-order valence-electron chi connectivity index (χ3n) is 4.57. The van der Waals surface area contributed by atoms with Crippen molar-refractivity contribution in [2.45, 2.75) is 24.7 Å². The first kappa shape index (κ1) is 17.6. The molecule has 1 saturated heterocycles. The van der Waals surface area contributed by atoms with Crippen molar-refractivity contribution >= 4 is 32.8 Å². The number of aromatic amines is 1. The minimum Gasteiger partial charge on any atom is -0.345 e. The summed E-state index contributed by atoms with van der Waals surface area (Å²) in [5, 5.41) is 3.19. The third-order valence-corrected chi connectivity index (χ3v) is 6.51. The van der Waals surface area contributed by atoms with E-state index < -0.39 is 10.0 Å². The van der Waals surface area contributed by atoms with Crippen LogP contribution in [0.1, 0.15) is 19.8 Å². The van der Waals surface area contributed by atoms with Crippen LogP contribution < -0.4 is 5.32 Å². The Labute approximate surface area is 156 Å². The van der Waals surface area contributed by atoms with E-state index in [1.165, 1.54) is 17.4 Å². The maximum atomic E-state index is 13.0. The highest BCUT2D eigenvalue weighted by molar-refractivity contribution is 7.89. The minimum atomic E-state index is -3.55. The summed E-state index contributed by atoms with van der Waals surface area (Å²) in [6.07, 6.45) is 6.52. The fraction of sp³-hybridized carbons (Fsp3) is 0.278. The Morgan fingerprint density at radius 1 is 1.19 bits per heavy atom. The molecule has 2 N–H and O–H groups in total. The Morgan fingerprint density at radius 3 is 2.70 bits per heavy atom. The van der Waals surface area contributed by atoms with E-state index in [9.17, 15) is 13.2 Å². The molecule has 27 heavy (non-hydrogen) atoms. The lowest BCUT2D eigenvalue weighted by atomic mass is 10.1. The summed E-state index contributed by atoms with van der Waals surface area (Å²) in [4.78, 5) is 22.9. The first-order valence-corrected chi connectivity index (χ1v) is 10.1. The molecule has 0 atom stereocenters. The molecular formula is C18H19N5O3S. The van der Waals surface area contributed by atoms with Gasteiger partial charge in [-0.25, -0.2) is 18.4 Å². The van der Waals surface area contributed by atoms with Gasteiger partial charge in [0.1, 0.15) is 16.4 Å². The molecule has 0 unspecified atom stereocenters. The van der Waals surface area contributed by atoms with Crippen molar-refractivity contribution in [1.82, 2.24) is 19.3 Å². The first-order chi connectivity index (χ1) is 12.9. The van der Waals surface area contributed by atoms with E-state index in [0.29, 0.717) is 29.9 Å². The van der Waals surface area contributed by atoms with Gasteiger partial charge in [0.2, 0.25) is 15.9 Å². The summed E-state index contributed by atoms with van der Waals surface area (Å²) in [5.74, 6) is 0.219. The smallest absolute Gasteiger partial charge is 0.245 e. The average molecular weight is 385 g/mol. The number of H-pyrrole nitrogens is 1. The van der Waals surface area contributed by atoms with Gasteiger partial charge in [-0.2, -0.15) is 4.31 Å². The van der Waals surface area contributed by atoms with Gasteiger partial charge in [0.25, 0.3) is 0 Å². The molecule has 0 spiro atoms. The van der Waals surface area contributed by atoms with Crippen LogP contribution >= 0.6 is 0 Å². The van der Waals surface area contributed by atoms with Crippen LogP contribution in [0.4, 0.5) is 5.82 Å². The summed E-state index contributed by atoms with van der Waals surface area (Å²) >= 11 is 0. The summed E-state index contributed by atoms with van der Waals surface area (Å²) < 4.78 is 27.4. The highest BCUT2D eigenvalue weighted by Gasteiger charge is 2.29. The lowest BCUT2D eigenvalue weighted by Gasteiger charge is -2.14. The van der Waals surface area contributed by atoms with Crippen molar-refractivity contribution in [2.75, 3.05) is 18.4 Å². The molecule has 4 rings (SSSR count). The number of hydrogen-bond acceptors (Lipinski definition) is 5. The van der Waals surface area contributed by atoms with Crippen molar-refractivity contribution in [1.29, 1.82) is 0 Å². The Kier molecular flexibility index (Phi) is 4.40. The lowest BCUT2D eigenvalue weighted by Crippen LogP contribution is -2.27. The number of fused-ring (bicyclic) bond motifs is 1. The molecule has 0 aliphatic carbocycles. The lowest BCUT2D eigenvalue weighted by molar-refractivity contribution is -0.114. The van der Waals surface area contributed by atoms with Crippen LogP contribution in [0.3, 0.4) is 0 Å². The van der Waals surface area contributed by atoms with Crippen molar-refractivity contribution < 1.29 is 13.2 Å². The fourth-order valence-electron chi connectivity index (χ4n) is 3.28. The summed E-state index contributed by atoms with van der Waals surface area (Å²) in [6.45, 7) is 2.51. The fourth-order valence-corrected chi connectivity index (χ4v) is 4.94. The van der Waals surface area contributed by atoms with Crippen LogP contribution in [-0.2, 0) is 14.8 Å². The second-order valence-electron chi connectivity index (χ2n) is 6.50. The van der Waals surface area contributed by atoms with Crippen LogP contribution in [0.15, 0.2) is 41.7 Å². The van der Waals surface area contributed by atoms with E-state index in [2.05, 4.69) is 20.3 Å². The van der Waals surface area contributed by atoms with Gasteiger partial charge in [-0.1, -0.05) is 0 Å². The second kappa shape index (κ2) is 6.75. The Morgan fingerprint density at radius 2 is 1.96 bits per heavy atom. The molecule has 140 valence electrons. The number of hydrogen-bond donors (Lipinski definition) is 2. The Balaban J connectivity index is 1.78. The molecule has 8 nitrogen and oxygen atoms in total. The number of nitrogens with zero attached hydrogens (tertiary/aromatic N) is 3. The van der Waals surface area contributed by atoms with E-state index in [-0.39, 0.29) is 10.8 Å². The predicted molar refractivity (Wildman–Crippen MR) is 102 cm³/mol. The van der Waals surface area contributed by atoms with Crippen molar-refractivity contribution in [3.63, 3.8) is 0 Å². The van der Waals surface area contributed by atoms with Crippen LogP contribution in [0.2, 0.25) is 0 Å². The molecule has 0 aromatic carbocycles. The monoisotopic (exact) mass is 385 g/mol. The quantitative estimate of drug-likeness (QED) is 0.717. The van der Waals surface area contributed by atoms with Crippen LogP contribution in [0.25, 0.3) is 22.2 Å². The molecule has 9 heteroatoms. The molecule has 1 aliphatic rings. The zero-order chi connectivity index (χ0) is 19.0. The van der Waals surface area contributed by atoms with Gasteiger partial charge in [-0.3, -0.25) is 4.79 Å². The number of sulfonamides is 1. The zero-order valence-electron chi connectivity index (χ0n) is 14.8. The van der Waals surface area contributed by atoms with E-state index in [1.807, 2.05) is 0 Å². The largest absolute Gasteiger partial charge is 0.345 e.